The summed E-state index contributed by atoms with van der Waals surface area (Å²) < 4.78 is 0. The molecule has 1 amide bonds. The number of nitrogens with one attached hydrogen (secondary N) is 1. The minimum Gasteiger partial charge on any atom is -0.481 e. The van der Waals surface area contributed by atoms with Crippen molar-refractivity contribution in [3.8, 4) is 0 Å². The van der Waals surface area contributed by atoms with Crippen molar-refractivity contribution >= 4 is 11.9 Å². The molecule has 0 bridgehead atoms. The second kappa shape index (κ2) is 5.26. The lowest BCUT2D eigenvalue weighted by Gasteiger charge is -2.37. The second-order valence-electron chi connectivity index (χ2n) is 5.56. The van der Waals surface area contributed by atoms with Gasteiger partial charge in [0.05, 0.1) is 12.0 Å². The highest BCUT2D eigenvalue weighted by Gasteiger charge is 2.40. The standard InChI is InChI=1S/C13H22N2O3/c1-2-13(12(17)18)5-7-15(8-6-13)9-11(16)14-10-3-4-10/h10H,2-9H2,1H3,(H,14,16)(H,17,18). The molecule has 5 nitrogen and oxygen atoms in total. The number of carbonyl (C=O) groups excluding carboxylic acids is 1. The summed E-state index contributed by atoms with van der Waals surface area (Å²) in [5.41, 5.74) is -0.566. The molecule has 1 saturated carbocycles. The number of aliphatic carboxylic acids is 1. The lowest BCUT2D eigenvalue weighted by Crippen LogP contribution is -2.47. The molecule has 0 spiro atoms. The Morgan fingerprint density at radius 2 is 1.94 bits per heavy atom. The number of carboxylic acid groups (broad SMARTS) is 1. The second-order valence-corrected chi connectivity index (χ2v) is 5.56. The molecule has 0 radical (unpaired) electrons. The molecular formula is C13H22N2O3. The highest BCUT2D eigenvalue weighted by atomic mass is 16.4. The number of likely N-dealkylation sites (tertiary alicyclic amines) is 1. The fourth-order valence-corrected chi connectivity index (χ4v) is 2.56. The van der Waals surface area contributed by atoms with E-state index in [2.05, 4.69) is 10.2 Å². The Morgan fingerprint density at radius 1 is 1.33 bits per heavy atom. The van der Waals surface area contributed by atoms with Gasteiger partial charge >= 0.3 is 5.97 Å². The lowest BCUT2D eigenvalue weighted by atomic mass is 9.76. The highest BCUT2D eigenvalue weighted by Crippen LogP contribution is 2.34. The van der Waals surface area contributed by atoms with Gasteiger partial charge in [-0.1, -0.05) is 6.92 Å². The monoisotopic (exact) mass is 254 g/mol. The quantitative estimate of drug-likeness (QED) is 0.763. The minimum atomic E-state index is -0.688. The van der Waals surface area contributed by atoms with Crippen LogP contribution in [0, 0.1) is 5.41 Å². The molecule has 18 heavy (non-hydrogen) atoms. The number of hydrogen-bond donors (Lipinski definition) is 2. The van der Waals surface area contributed by atoms with Crippen LogP contribution in [0.1, 0.15) is 39.0 Å². The van der Waals surface area contributed by atoms with Gasteiger partial charge in [-0.25, -0.2) is 0 Å². The van der Waals surface area contributed by atoms with Crippen LogP contribution < -0.4 is 5.32 Å². The summed E-state index contributed by atoms with van der Waals surface area (Å²) in [6, 6.07) is 0.399. The molecule has 2 fully saturated rings. The van der Waals surface area contributed by atoms with Crippen LogP contribution in [0.5, 0.6) is 0 Å². The smallest absolute Gasteiger partial charge is 0.309 e. The number of rotatable bonds is 5. The minimum absolute atomic E-state index is 0.0804. The van der Waals surface area contributed by atoms with Gasteiger partial charge in [-0.3, -0.25) is 14.5 Å². The fourth-order valence-electron chi connectivity index (χ4n) is 2.56. The van der Waals surface area contributed by atoms with E-state index in [0.29, 0.717) is 44.9 Å². The van der Waals surface area contributed by atoms with E-state index in [4.69, 9.17) is 0 Å². The first-order valence-corrected chi connectivity index (χ1v) is 6.81. The first-order valence-electron chi connectivity index (χ1n) is 6.81. The zero-order chi connectivity index (χ0) is 13.2. The van der Waals surface area contributed by atoms with E-state index in [1.54, 1.807) is 0 Å². The molecule has 0 aromatic carbocycles. The van der Waals surface area contributed by atoms with Crippen LogP contribution >= 0.6 is 0 Å². The third-order valence-electron chi connectivity index (χ3n) is 4.25. The van der Waals surface area contributed by atoms with Crippen LogP contribution in [-0.2, 0) is 9.59 Å². The van der Waals surface area contributed by atoms with Crippen molar-refractivity contribution in [3.05, 3.63) is 0 Å². The molecule has 2 rings (SSSR count). The summed E-state index contributed by atoms with van der Waals surface area (Å²) in [5.74, 6) is -0.607. The van der Waals surface area contributed by atoms with E-state index in [1.165, 1.54) is 0 Å². The molecular weight excluding hydrogens is 232 g/mol. The average molecular weight is 254 g/mol. The third-order valence-corrected chi connectivity index (χ3v) is 4.25. The Balaban J connectivity index is 1.78. The molecule has 0 atom stereocenters. The van der Waals surface area contributed by atoms with Crippen molar-refractivity contribution in [2.75, 3.05) is 19.6 Å². The molecule has 1 heterocycles. The van der Waals surface area contributed by atoms with Gasteiger partial charge in [0.25, 0.3) is 0 Å². The first-order chi connectivity index (χ1) is 8.55. The van der Waals surface area contributed by atoms with E-state index in [-0.39, 0.29) is 5.91 Å². The van der Waals surface area contributed by atoms with Crippen LogP contribution in [0.4, 0.5) is 0 Å². The first kappa shape index (κ1) is 13.3. The number of nitrogens with zero attached hydrogens (tertiary/aromatic N) is 1. The van der Waals surface area contributed by atoms with Crippen molar-refractivity contribution in [2.24, 2.45) is 5.41 Å². The van der Waals surface area contributed by atoms with Crippen molar-refractivity contribution < 1.29 is 14.7 Å². The summed E-state index contributed by atoms with van der Waals surface area (Å²) in [7, 11) is 0. The molecule has 2 N–H and O–H groups in total. The number of piperidine rings is 1. The van der Waals surface area contributed by atoms with Gasteiger partial charge in [0, 0.05) is 6.04 Å². The highest BCUT2D eigenvalue weighted by molar-refractivity contribution is 5.79. The largest absolute Gasteiger partial charge is 0.481 e. The lowest BCUT2D eigenvalue weighted by molar-refractivity contribution is -0.152. The SMILES string of the molecule is CCC1(C(=O)O)CCN(CC(=O)NC2CC2)CC1. The van der Waals surface area contributed by atoms with E-state index < -0.39 is 11.4 Å². The molecule has 1 aliphatic carbocycles. The van der Waals surface area contributed by atoms with E-state index in [0.717, 1.165) is 12.8 Å². The Kier molecular flexibility index (Phi) is 3.90. The Bertz CT molecular complexity index is 331. The van der Waals surface area contributed by atoms with Crippen molar-refractivity contribution in [1.82, 2.24) is 10.2 Å². The maximum absolute atomic E-state index is 11.7. The average Bonchev–Trinajstić information content (AvgIpc) is 3.13. The maximum Gasteiger partial charge on any atom is 0.309 e. The van der Waals surface area contributed by atoms with Crippen LogP contribution in [0.25, 0.3) is 0 Å². The third kappa shape index (κ3) is 3.02. The van der Waals surface area contributed by atoms with Crippen LogP contribution in [-0.4, -0.2) is 47.6 Å². The predicted octanol–water partition coefficient (Wildman–Crippen LogP) is 0.842. The van der Waals surface area contributed by atoms with Gasteiger partial charge in [0.15, 0.2) is 0 Å². The molecule has 5 heteroatoms. The van der Waals surface area contributed by atoms with Gasteiger partial charge in [0.2, 0.25) is 5.91 Å². The van der Waals surface area contributed by atoms with Crippen molar-refractivity contribution in [2.45, 2.75) is 45.1 Å². The van der Waals surface area contributed by atoms with Gasteiger partial charge < -0.3 is 10.4 Å². The normalized spacial score (nSPS) is 23.6. The molecule has 0 aromatic heterocycles. The number of hydrogen-bond acceptors (Lipinski definition) is 3. The molecule has 1 aliphatic heterocycles. The summed E-state index contributed by atoms with van der Waals surface area (Å²) in [6.45, 7) is 3.76. The number of carbonyl (C=O) groups is 2. The topological polar surface area (TPSA) is 69.6 Å². The molecule has 0 unspecified atom stereocenters. The summed E-state index contributed by atoms with van der Waals surface area (Å²) in [6.07, 6.45) is 4.17. The van der Waals surface area contributed by atoms with Crippen LogP contribution in [0.3, 0.4) is 0 Å². The summed E-state index contributed by atoms with van der Waals surface area (Å²) in [5, 5.41) is 12.2. The van der Waals surface area contributed by atoms with Gasteiger partial charge in [0.1, 0.15) is 0 Å². The van der Waals surface area contributed by atoms with E-state index in [9.17, 15) is 14.7 Å². The fraction of sp³-hybridized carbons (Fsp3) is 0.846. The zero-order valence-electron chi connectivity index (χ0n) is 10.9. The van der Waals surface area contributed by atoms with Crippen molar-refractivity contribution in [3.63, 3.8) is 0 Å². The predicted molar refractivity (Wildman–Crippen MR) is 67.2 cm³/mol. The number of carboxylic acids is 1. The Hall–Kier alpha value is -1.10. The van der Waals surface area contributed by atoms with Gasteiger partial charge in [-0.15, -0.1) is 0 Å². The van der Waals surface area contributed by atoms with Crippen LogP contribution in [0.15, 0.2) is 0 Å². The number of amides is 1. The van der Waals surface area contributed by atoms with Gasteiger partial charge in [-0.05, 0) is 45.2 Å². The zero-order valence-corrected chi connectivity index (χ0v) is 10.9. The molecule has 102 valence electrons. The van der Waals surface area contributed by atoms with E-state index >= 15 is 0 Å². The van der Waals surface area contributed by atoms with Crippen LogP contribution in [0.2, 0.25) is 0 Å². The molecule has 0 aromatic rings. The van der Waals surface area contributed by atoms with E-state index in [1.807, 2.05) is 6.92 Å². The Labute approximate surface area is 108 Å². The van der Waals surface area contributed by atoms with Gasteiger partial charge in [-0.2, -0.15) is 0 Å². The molecule has 1 saturated heterocycles. The summed E-state index contributed by atoms with van der Waals surface area (Å²) in [4.78, 5) is 25.0. The van der Waals surface area contributed by atoms with Crippen molar-refractivity contribution in [1.29, 1.82) is 0 Å². The Morgan fingerprint density at radius 3 is 2.39 bits per heavy atom. The molecule has 2 aliphatic rings. The maximum atomic E-state index is 11.7. The summed E-state index contributed by atoms with van der Waals surface area (Å²) >= 11 is 0.